The summed E-state index contributed by atoms with van der Waals surface area (Å²) >= 11 is 0. The third-order valence-corrected chi connectivity index (χ3v) is 5.17. The molecule has 1 saturated heterocycles. The number of benzene rings is 1. The van der Waals surface area contributed by atoms with Gasteiger partial charge in [-0.3, -0.25) is 9.78 Å². The zero-order valence-corrected chi connectivity index (χ0v) is 15.6. The Hall–Kier alpha value is -2.33. The largest absolute Gasteiger partial charge is 0.412 e. The van der Waals surface area contributed by atoms with Gasteiger partial charge in [0.2, 0.25) is 5.91 Å². The molecule has 1 amide bonds. The molecule has 29 heavy (non-hydrogen) atoms. The summed E-state index contributed by atoms with van der Waals surface area (Å²) < 4.78 is 65.7. The number of nitrogens with one attached hydrogen (secondary N) is 2. The van der Waals surface area contributed by atoms with E-state index in [0.29, 0.717) is 23.9 Å². The highest BCUT2D eigenvalue weighted by Crippen LogP contribution is 2.38. The Labute approximate surface area is 163 Å². The van der Waals surface area contributed by atoms with E-state index in [0.717, 1.165) is 0 Å². The van der Waals surface area contributed by atoms with E-state index < -0.39 is 30.1 Å². The quantitative estimate of drug-likeness (QED) is 0.670. The van der Waals surface area contributed by atoms with Crippen LogP contribution in [0.3, 0.4) is 0 Å². The van der Waals surface area contributed by atoms with Gasteiger partial charge in [-0.1, -0.05) is 25.1 Å². The van der Waals surface area contributed by atoms with E-state index in [1.165, 1.54) is 18.3 Å². The van der Waals surface area contributed by atoms with E-state index in [9.17, 15) is 26.7 Å². The van der Waals surface area contributed by atoms with Crippen molar-refractivity contribution in [1.82, 2.24) is 15.6 Å². The lowest BCUT2D eigenvalue weighted by molar-refractivity contribution is -0.164. The number of aromatic nitrogens is 1. The van der Waals surface area contributed by atoms with Crippen LogP contribution in [0.4, 0.5) is 22.0 Å². The number of hydrogen-bond acceptors (Lipinski definition) is 4. The van der Waals surface area contributed by atoms with E-state index >= 15 is 0 Å². The Morgan fingerprint density at radius 2 is 2.07 bits per heavy atom. The first-order valence-corrected chi connectivity index (χ1v) is 9.06. The van der Waals surface area contributed by atoms with Gasteiger partial charge in [0.05, 0.1) is 11.1 Å². The van der Waals surface area contributed by atoms with Crippen LogP contribution in [0.1, 0.15) is 30.9 Å². The van der Waals surface area contributed by atoms with Crippen LogP contribution in [0.15, 0.2) is 30.5 Å². The molecule has 1 aromatic heterocycles. The summed E-state index contributed by atoms with van der Waals surface area (Å²) in [5.41, 5.74) is 4.03. The molecule has 0 spiro atoms. The summed E-state index contributed by atoms with van der Waals surface area (Å²) in [5, 5.41) is 5.92. The van der Waals surface area contributed by atoms with E-state index in [-0.39, 0.29) is 23.5 Å². The van der Waals surface area contributed by atoms with Crippen molar-refractivity contribution in [2.24, 2.45) is 11.7 Å². The molecule has 1 aliphatic rings. The van der Waals surface area contributed by atoms with E-state index in [2.05, 4.69) is 15.6 Å². The lowest BCUT2D eigenvalue weighted by atomic mass is 9.77. The average Bonchev–Trinajstić information content (AvgIpc) is 2.65. The molecule has 0 unspecified atom stereocenters. The number of halogens is 5. The Morgan fingerprint density at radius 1 is 1.34 bits per heavy atom. The highest BCUT2D eigenvalue weighted by molar-refractivity contribution is 5.88. The van der Waals surface area contributed by atoms with Gasteiger partial charge in [0.25, 0.3) is 6.43 Å². The second kappa shape index (κ2) is 7.83. The summed E-state index contributed by atoms with van der Waals surface area (Å²) in [7, 11) is 0. The van der Waals surface area contributed by atoms with Gasteiger partial charge < -0.3 is 16.4 Å². The number of piperidine rings is 1. The van der Waals surface area contributed by atoms with Gasteiger partial charge >= 0.3 is 6.18 Å². The molecule has 158 valence electrons. The Morgan fingerprint density at radius 3 is 2.69 bits per heavy atom. The first-order valence-electron chi connectivity index (χ1n) is 9.06. The van der Waals surface area contributed by atoms with Crippen LogP contribution < -0.4 is 16.4 Å². The van der Waals surface area contributed by atoms with Gasteiger partial charge in [0.1, 0.15) is 0 Å². The third kappa shape index (κ3) is 4.18. The van der Waals surface area contributed by atoms with Crippen LogP contribution in [-0.2, 0) is 10.3 Å². The van der Waals surface area contributed by atoms with Gasteiger partial charge in [-0.2, -0.15) is 13.2 Å². The number of carbonyl (C=O) groups excluding carboxylic acids is 1. The fraction of sp³-hybridized carbons (Fsp3) is 0.474. The van der Waals surface area contributed by atoms with Crippen LogP contribution in [0.5, 0.6) is 0 Å². The molecular weight excluding hydrogens is 395 g/mol. The second-order valence-electron chi connectivity index (χ2n) is 7.43. The summed E-state index contributed by atoms with van der Waals surface area (Å²) in [5.74, 6) is -1.36. The molecule has 0 bridgehead atoms. The molecule has 1 aliphatic heterocycles. The Kier molecular flexibility index (Phi) is 5.77. The van der Waals surface area contributed by atoms with E-state index in [4.69, 9.17) is 5.73 Å². The number of nitrogens with two attached hydrogens (primary N) is 1. The van der Waals surface area contributed by atoms with Crippen molar-refractivity contribution in [2.45, 2.75) is 37.5 Å². The third-order valence-electron chi connectivity index (χ3n) is 5.17. The summed E-state index contributed by atoms with van der Waals surface area (Å²) in [6.45, 7) is 2.62. The van der Waals surface area contributed by atoms with Gasteiger partial charge in [0, 0.05) is 23.7 Å². The number of amides is 1. The number of alkyl halides is 5. The SMILES string of the molecule is C[C@@H]1CNC[C@](NC(=O)[C@H](N)C(F)(F)F)(c2ccc(C(F)F)c3ncccc23)C1. The predicted molar refractivity (Wildman–Crippen MR) is 97.2 cm³/mol. The maximum atomic E-state index is 13.4. The molecule has 4 N–H and O–H groups in total. The fourth-order valence-electron chi connectivity index (χ4n) is 3.89. The van der Waals surface area contributed by atoms with Crippen molar-refractivity contribution < 1.29 is 26.7 Å². The fourth-order valence-corrected chi connectivity index (χ4v) is 3.89. The monoisotopic (exact) mass is 416 g/mol. The molecule has 1 fully saturated rings. The Bertz CT molecular complexity index is 904. The summed E-state index contributed by atoms with van der Waals surface area (Å²) in [6, 6.07) is 3.05. The molecule has 0 radical (unpaired) electrons. The van der Waals surface area contributed by atoms with Crippen molar-refractivity contribution in [1.29, 1.82) is 0 Å². The van der Waals surface area contributed by atoms with Gasteiger partial charge in [-0.05, 0) is 30.5 Å². The number of fused-ring (bicyclic) bond motifs is 1. The molecule has 2 aromatic rings. The average molecular weight is 416 g/mol. The van der Waals surface area contributed by atoms with Crippen molar-refractivity contribution in [3.63, 3.8) is 0 Å². The van der Waals surface area contributed by atoms with Crippen molar-refractivity contribution in [2.75, 3.05) is 13.1 Å². The first kappa shape index (κ1) is 21.4. The minimum Gasteiger partial charge on any atom is -0.344 e. The topological polar surface area (TPSA) is 80.0 Å². The molecule has 3 rings (SSSR count). The molecular formula is C19H21F5N4O. The highest BCUT2D eigenvalue weighted by atomic mass is 19.4. The number of rotatable bonds is 4. The molecule has 1 aromatic carbocycles. The zero-order valence-electron chi connectivity index (χ0n) is 15.6. The molecule has 10 heteroatoms. The van der Waals surface area contributed by atoms with Crippen LogP contribution in [0.2, 0.25) is 0 Å². The van der Waals surface area contributed by atoms with E-state index in [1.54, 1.807) is 12.1 Å². The number of carbonyl (C=O) groups is 1. The van der Waals surface area contributed by atoms with Crippen LogP contribution >= 0.6 is 0 Å². The van der Waals surface area contributed by atoms with Gasteiger partial charge in [-0.15, -0.1) is 0 Å². The summed E-state index contributed by atoms with van der Waals surface area (Å²) in [4.78, 5) is 16.4. The highest BCUT2D eigenvalue weighted by Gasteiger charge is 2.46. The maximum absolute atomic E-state index is 13.4. The van der Waals surface area contributed by atoms with E-state index in [1.807, 2.05) is 6.92 Å². The summed E-state index contributed by atoms with van der Waals surface area (Å²) in [6.07, 6.45) is -5.99. The van der Waals surface area contributed by atoms with Gasteiger partial charge in [-0.25, -0.2) is 8.78 Å². The van der Waals surface area contributed by atoms with Crippen molar-refractivity contribution in [3.8, 4) is 0 Å². The number of nitrogens with zero attached hydrogens (tertiary/aromatic N) is 1. The molecule has 2 heterocycles. The smallest absolute Gasteiger partial charge is 0.344 e. The molecule has 0 aliphatic carbocycles. The van der Waals surface area contributed by atoms with Crippen LogP contribution in [0.25, 0.3) is 10.9 Å². The second-order valence-corrected chi connectivity index (χ2v) is 7.43. The molecule has 5 nitrogen and oxygen atoms in total. The minimum atomic E-state index is -4.90. The maximum Gasteiger partial charge on any atom is 0.412 e. The normalized spacial score (nSPS) is 23.9. The molecule has 3 atom stereocenters. The standard InChI is InChI=1S/C19H21F5N4O/c1-10-7-18(9-26-8-10,28-17(29)15(25)19(22,23)24)13-5-4-12(16(20)21)14-11(13)3-2-6-27-14/h2-6,10,15-16,26H,7-9,25H2,1H3,(H,28,29)/t10-,15-,18-/m0/s1. The predicted octanol–water partition coefficient (Wildman–Crippen LogP) is 3.00. The van der Waals surface area contributed by atoms with Crippen LogP contribution in [-0.4, -0.2) is 36.2 Å². The molecule has 0 saturated carbocycles. The first-order chi connectivity index (χ1) is 13.5. The number of pyridine rings is 1. The van der Waals surface area contributed by atoms with Crippen molar-refractivity contribution in [3.05, 3.63) is 41.6 Å². The van der Waals surface area contributed by atoms with Crippen LogP contribution in [0, 0.1) is 5.92 Å². The zero-order chi connectivity index (χ0) is 21.4. The Balaban J connectivity index is 2.14. The van der Waals surface area contributed by atoms with Crippen molar-refractivity contribution >= 4 is 16.8 Å². The lowest BCUT2D eigenvalue weighted by Gasteiger charge is -2.43. The van der Waals surface area contributed by atoms with Gasteiger partial charge in [0.15, 0.2) is 6.04 Å². The lowest BCUT2D eigenvalue weighted by Crippen LogP contribution is -2.62. The minimum absolute atomic E-state index is 0.00709. The number of hydrogen-bond donors (Lipinski definition) is 3.